The van der Waals surface area contributed by atoms with Crippen LogP contribution < -0.4 is 4.74 Å². The van der Waals surface area contributed by atoms with Gasteiger partial charge in [-0.2, -0.15) is 0 Å². The van der Waals surface area contributed by atoms with E-state index in [1.807, 2.05) is 29.6 Å². The number of hydrogen-bond donors (Lipinski definition) is 0. The number of nitro groups is 1. The number of benzene rings is 2. The first kappa shape index (κ1) is 14.2. The first-order valence-electron chi connectivity index (χ1n) is 6.53. The molecule has 3 aromatic rings. The molecule has 1 aromatic heterocycles. The van der Waals surface area contributed by atoms with Crippen LogP contribution in [0.15, 0.2) is 53.9 Å². The fourth-order valence-corrected chi connectivity index (χ4v) is 2.96. The average Bonchev–Trinajstić information content (AvgIpc) is 3.04. The van der Waals surface area contributed by atoms with Gasteiger partial charge in [0.25, 0.3) is 5.69 Å². The lowest BCUT2D eigenvalue weighted by molar-refractivity contribution is -0.384. The lowest BCUT2D eigenvalue weighted by atomic mass is 10.1. The highest BCUT2D eigenvalue weighted by Crippen LogP contribution is 2.34. The Hall–Kier alpha value is -2.73. The van der Waals surface area contributed by atoms with Gasteiger partial charge in [-0.3, -0.25) is 10.1 Å². The second kappa shape index (κ2) is 5.95. The summed E-state index contributed by atoms with van der Waals surface area (Å²) in [7, 11) is 1.63. The van der Waals surface area contributed by atoms with E-state index in [1.54, 1.807) is 19.2 Å². The number of thiazole rings is 1. The second-order valence-electron chi connectivity index (χ2n) is 4.54. The van der Waals surface area contributed by atoms with Crippen LogP contribution in [-0.2, 0) is 0 Å². The molecule has 1 heterocycles. The molecule has 0 fully saturated rings. The molecule has 0 amide bonds. The Balaban J connectivity index is 1.95. The highest BCUT2D eigenvalue weighted by Gasteiger charge is 2.11. The number of non-ortho nitro benzene ring substituents is 1. The third kappa shape index (κ3) is 2.68. The summed E-state index contributed by atoms with van der Waals surface area (Å²) in [5.41, 5.74) is 2.65. The van der Waals surface area contributed by atoms with Gasteiger partial charge < -0.3 is 4.74 Å². The van der Waals surface area contributed by atoms with Gasteiger partial charge in [-0.1, -0.05) is 12.1 Å². The van der Waals surface area contributed by atoms with Crippen molar-refractivity contribution in [3.63, 3.8) is 0 Å². The quantitative estimate of drug-likeness (QED) is 0.529. The predicted octanol–water partition coefficient (Wildman–Crippen LogP) is 4.39. The maximum Gasteiger partial charge on any atom is 0.269 e. The number of rotatable bonds is 4. The Kier molecular flexibility index (Phi) is 3.84. The van der Waals surface area contributed by atoms with Crippen molar-refractivity contribution in [3.05, 3.63) is 64.0 Å². The van der Waals surface area contributed by atoms with Gasteiger partial charge in [0, 0.05) is 23.1 Å². The fraction of sp³-hybridized carbons (Fsp3) is 0.0625. The number of nitro benzene ring substituents is 1. The number of ether oxygens (including phenoxy) is 1. The van der Waals surface area contributed by atoms with Gasteiger partial charge in [0.1, 0.15) is 10.8 Å². The van der Waals surface area contributed by atoms with Crippen molar-refractivity contribution in [3.8, 4) is 27.6 Å². The third-order valence-electron chi connectivity index (χ3n) is 3.22. The molecular formula is C16H12N2O3S. The molecule has 0 spiro atoms. The molecule has 0 aliphatic rings. The molecule has 0 aliphatic heterocycles. The third-order valence-corrected chi connectivity index (χ3v) is 4.09. The Morgan fingerprint density at radius 3 is 2.55 bits per heavy atom. The average molecular weight is 312 g/mol. The summed E-state index contributed by atoms with van der Waals surface area (Å²) in [5.74, 6) is 0.770. The SMILES string of the molecule is COc1ccccc1-c1nc(-c2ccc([N+](=O)[O-])cc2)cs1. The molecule has 0 unspecified atom stereocenters. The molecule has 2 aromatic carbocycles. The topological polar surface area (TPSA) is 65.3 Å². The van der Waals surface area contributed by atoms with Crippen LogP contribution in [0.4, 0.5) is 5.69 Å². The van der Waals surface area contributed by atoms with E-state index in [9.17, 15) is 10.1 Å². The molecule has 0 radical (unpaired) electrons. The van der Waals surface area contributed by atoms with Crippen LogP contribution in [-0.4, -0.2) is 17.0 Å². The Bertz CT molecular complexity index is 812. The molecule has 6 heteroatoms. The lowest BCUT2D eigenvalue weighted by Gasteiger charge is -2.04. The van der Waals surface area contributed by atoms with Crippen molar-refractivity contribution in [1.82, 2.24) is 4.98 Å². The molecule has 0 N–H and O–H groups in total. The fourth-order valence-electron chi connectivity index (χ4n) is 2.11. The van der Waals surface area contributed by atoms with Crippen LogP contribution in [0.25, 0.3) is 21.8 Å². The Labute approximate surface area is 131 Å². The maximum absolute atomic E-state index is 10.7. The Morgan fingerprint density at radius 2 is 1.86 bits per heavy atom. The van der Waals surface area contributed by atoms with Crippen molar-refractivity contribution >= 4 is 17.0 Å². The molecule has 110 valence electrons. The van der Waals surface area contributed by atoms with Crippen LogP contribution in [0.2, 0.25) is 0 Å². The highest BCUT2D eigenvalue weighted by atomic mass is 32.1. The zero-order valence-corrected chi connectivity index (χ0v) is 12.5. The molecule has 22 heavy (non-hydrogen) atoms. The summed E-state index contributed by atoms with van der Waals surface area (Å²) in [4.78, 5) is 14.9. The zero-order valence-electron chi connectivity index (χ0n) is 11.7. The van der Waals surface area contributed by atoms with E-state index < -0.39 is 4.92 Å². The molecule has 0 aliphatic carbocycles. The van der Waals surface area contributed by atoms with E-state index in [2.05, 4.69) is 4.98 Å². The van der Waals surface area contributed by atoms with E-state index in [0.29, 0.717) is 0 Å². The summed E-state index contributed by atoms with van der Waals surface area (Å²) in [6.07, 6.45) is 0. The van der Waals surface area contributed by atoms with Crippen LogP contribution in [0.1, 0.15) is 0 Å². The van der Waals surface area contributed by atoms with Gasteiger partial charge in [-0.15, -0.1) is 11.3 Å². The van der Waals surface area contributed by atoms with E-state index in [0.717, 1.165) is 27.6 Å². The number of nitrogens with zero attached hydrogens (tertiary/aromatic N) is 2. The summed E-state index contributed by atoms with van der Waals surface area (Å²) >= 11 is 1.51. The number of para-hydroxylation sites is 1. The predicted molar refractivity (Wildman–Crippen MR) is 86.2 cm³/mol. The van der Waals surface area contributed by atoms with Gasteiger partial charge in [0.05, 0.1) is 23.3 Å². The van der Waals surface area contributed by atoms with Crippen molar-refractivity contribution < 1.29 is 9.66 Å². The molecule has 5 nitrogen and oxygen atoms in total. The minimum Gasteiger partial charge on any atom is -0.496 e. The molecular weight excluding hydrogens is 300 g/mol. The standard InChI is InChI=1S/C16H12N2O3S/c1-21-15-5-3-2-4-13(15)16-17-14(10-22-16)11-6-8-12(9-7-11)18(19)20/h2-10H,1H3. The van der Waals surface area contributed by atoms with Crippen LogP contribution in [0, 0.1) is 10.1 Å². The zero-order chi connectivity index (χ0) is 15.5. The number of hydrogen-bond acceptors (Lipinski definition) is 5. The first-order chi connectivity index (χ1) is 10.7. The van der Waals surface area contributed by atoms with Gasteiger partial charge in [0.2, 0.25) is 0 Å². The summed E-state index contributed by atoms with van der Waals surface area (Å²) in [6.45, 7) is 0. The van der Waals surface area contributed by atoms with Crippen LogP contribution in [0.5, 0.6) is 5.75 Å². The largest absolute Gasteiger partial charge is 0.496 e. The highest BCUT2D eigenvalue weighted by molar-refractivity contribution is 7.13. The minimum absolute atomic E-state index is 0.0731. The smallest absolute Gasteiger partial charge is 0.269 e. The van der Waals surface area contributed by atoms with E-state index in [1.165, 1.54) is 23.5 Å². The normalized spacial score (nSPS) is 10.4. The van der Waals surface area contributed by atoms with Crippen molar-refractivity contribution in [1.29, 1.82) is 0 Å². The van der Waals surface area contributed by atoms with E-state index >= 15 is 0 Å². The van der Waals surface area contributed by atoms with Crippen LogP contribution in [0.3, 0.4) is 0 Å². The van der Waals surface area contributed by atoms with Gasteiger partial charge in [-0.25, -0.2) is 4.98 Å². The molecule has 0 saturated heterocycles. The van der Waals surface area contributed by atoms with Crippen molar-refractivity contribution in [2.45, 2.75) is 0 Å². The lowest BCUT2D eigenvalue weighted by Crippen LogP contribution is -1.88. The minimum atomic E-state index is -0.412. The van der Waals surface area contributed by atoms with Gasteiger partial charge in [0.15, 0.2) is 0 Å². The number of aromatic nitrogens is 1. The monoisotopic (exact) mass is 312 g/mol. The molecule has 0 saturated carbocycles. The second-order valence-corrected chi connectivity index (χ2v) is 5.40. The molecule has 3 rings (SSSR count). The van der Waals surface area contributed by atoms with Crippen LogP contribution >= 0.6 is 11.3 Å². The van der Waals surface area contributed by atoms with Crippen molar-refractivity contribution in [2.75, 3.05) is 7.11 Å². The first-order valence-corrected chi connectivity index (χ1v) is 7.41. The maximum atomic E-state index is 10.7. The molecule has 0 atom stereocenters. The van der Waals surface area contributed by atoms with Crippen molar-refractivity contribution in [2.24, 2.45) is 0 Å². The van der Waals surface area contributed by atoms with E-state index in [4.69, 9.17) is 4.74 Å². The summed E-state index contributed by atoms with van der Waals surface area (Å²) in [5, 5.41) is 13.5. The summed E-state index contributed by atoms with van der Waals surface area (Å²) < 4.78 is 5.35. The van der Waals surface area contributed by atoms with E-state index in [-0.39, 0.29) is 5.69 Å². The summed E-state index contributed by atoms with van der Waals surface area (Å²) in [6, 6.07) is 14.1. The molecule has 0 bridgehead atoms. The van der Waals surface area contributed by atoms with Gasteiger partial charge in [-0.05, 0) is 24.3 Å². The Morgan fingerprint density at radius 1 is 1.14 bits per heavy atom. The number of methoxy groups -OCH3 is 1. The van der Waals surface area contributed by atoms with Gasteiger partial charge >= 0.3 is 0 Å².